The monoisotopic (exact) mass is 645 g/mol. The first-order valence-corrected chi connectivity index (χ1v) is 16.7. The van der Waals surface area contributed by atoms with Crippen molar-refractivity contribution in [1.82, 2.24) is 15.2 Å². The van der Waals surface area contributed by atoms with E-state index in [-0.39, 0.29) is 30.0 Å². The maximum absolute atomic E-state index is 13.6. The van der Waals surface area contributed by atoms with Crippen LogP contribution in [0.4, 0.5) is 21.9 Å². The number of thiol groups is 1. The molecule has 2 aromatic heterocycles. The highest BCUT2D eigenvalue weighted by molar-refractivity contribution is 7.72. The smallest absolute Gasteiger partial charge is 0.331 e. The van der Waals surface area contributed by atoms with E-state index in [0.717, 1.165) is 5.56 Å². The molecule has 11 nitrogen and oxygen atoms in total. The number of aryl methyl sites for hydroxylation is 1. The van der Waals surface area contributed by atoms with Crippen LogP contribution in [0.15, 0.2) is 72.9 Å². The molecule has 232 valence electrons. The minimum Gasteiger partial charge on any atom is -0.457 e. The van der Waals surface area contributed by atoms with Gasteiger partial charge >= 0.3 is 6.03 Å². The molecule has 4 aromatic rings. The van der Waals surface area contributed by atoms with Crippen LogP contribution in [0.2, 0.25) is 0 Å². The van der Waals surface area contributed by atoms with Gasteiger partial charge in [0.1, 0.15) is 31.9 Å². The van der Waals surface area contributed by atoms with Gasteiger partial charge in [0.25, 0.3) is 5.91 Å². The topological polar surface area (TPSA) is 138 Å². The van der Waals surface area contributed by atoms with E-state index in [1.54, 1.807) is 28.1 Å². The van der Waals surface area contributed by atoms with E-state index in [2.05, 4.69) is 15.6 Å². The summed E-state index contributed by atoms with van der Waals surface area (Å²) in [5.74, 6) is 0.784. The molecule has 0 bridgehead atoms. The summed E-state index contributed by atoms with van der Waals surface area (Å²) < 4.78 is 27.5. The van der Waals surface area contributed by atoms with Gasteiger partial charge in [-0.2, -0.15) is 0 Å². The van der Waals surface area contributed by atoms with Gasteiger partial charge < -0.3 is 20.3 Å². The van der Waals surface area contributed by atoms with Gasteiger partial charge in [-0.1, -0.05) is 24.3 Å². The number of hydrogen-bond donors (Lipinski definition) is 3. The van der Waals surface area contributed by atoms with Crippen molar-refractivity contribution in [3.05, 3.63) is 83.4 Å². The zero-order valence-corrected chi connectivity index (χ0v) is 26.1. The molecule has 1 atom stereocenters. The molecule has 1 saturated heterocycles. The van der Waals surface area contributed by atoms with E-state index in [0.29, 0.717) is 69.6 Å². The number of piperidine rings is 1. The predicted molar refractivity (Wildman–Crippen MR) is 174 cm³/mol. The number of nitrogens with one attached hydrogen (secondary N) is 2. The maximum atomic E-state index is 13.6. The van der Waals surface area contributed by atoms with Gasteiger partial charge in [0, 0.05) is 25.3 Å². The molecule has 2 N–H and O–H groups in total. The fourth-order valence-electron chi connectivity index (χ4n) is 5.57. The second-order valence-electron chi connectivity index (χ2n) is 10.8. The van der Waals surface area contributed by atoms with Crippen molar-refractivity contribution in [2.24, 2.45) is 0 Å². The third-order valence-electron chi connectivity index (χ3n) is 7.65. The number of urea groups is 1. The molecule has 0 unspecified atom stereocenters. The molecule has 1 fully saturated rings. The van der Waals surface area contributed by atoms with Crippen LogP contribution in [0, 0.1) is 6.92 Å². The number of anilines is 3. The molecular formula is C32H31N5O6S2. The van der Waals surface area contributed by atoms with Crippen LogP contribution in [-0.4, -0.2) is 61.0 Å². The Morgan fingerprint density at radius 1 is 1.13 bits per heavy atom. The highest BCUT2D eigenvalue weighted by Gasteiger charge is 2.34. The summed E-state index contributed by atoms with van der Waals surface area (Å²) in [7, 11) is -2.48. The molecule has 4 amide bonds. The van der Waals surface area contributed by atoms with Crippen molar-refractivity contribution in [1.29, 1.82) is 0 Å². The van der Waals surface area contributed by atoms with E-state index < -0.39 is 16.7 Å². The normalized spacial score (nSPS) is 16.3. The summed E-state index contributed by atoms with van der Waals surface area (Å²) in [6.07, 6.45) is 6.26. The zero-order chi connectivity index (χ0) is 31.5. The molecule has 0 radical (unpaired) electrons. The van der Waals surface area contributed by atoms with Gasteiger partial charge in [-0.25, -0.2) is 18.2 Å². The minimum atomic E-state index is -2.48. The van der Waals surface area contributed by atoms with E-state index in [1.165, 1.54) is 17.4 Å². The molecule has 0 spiro atoms. The van der Waals surface area contributed by atoms with Crippen molar-refractivity contribution in [3.8, 4) is 11.5 Å². The lowest BCUT2D eigenvalue weighted by atomic mass is 10.0. The molecule has 6 rings (SSSR count). The summed E-state index contributed by atoms with van der Waals surface area (Å²) in [5, 5.41) is 6.66. The van der Waals surface area contributed by atoms with Crippen molar-refractivity contribution in [3.63, 3.8) is 0 Å². The van der Waals surface area contributed by atoms with Gasteiger partial charge in [-0.05, 0) is 74.2 Å². The Hall–Kier alpha value is -4.75. The number of allylic oxidation sites excluding steroid dienone is 1. The number of hydrogen-bond acceptors (Lipinski definition) is 8. The second-order valence-corrected chi connectivity index (χ2v) is 12.9. The zero-order valence-electron chi connectivity index (χ0n) is 24.4. The van der Waals surface area contributed by atoms with Crippen molar-refractivity contribution < 1.29 is 27.5 Å². The van der Waals surface area contributed by atoms with Crippen LogP contribution in [0.1, 0.15) is 34.5 Å². The molecule has 0 aliphatic carbocycles. The van der Waals surface area contributed by atoms with Crippen LogP contribution in [0.3, 0.4) is 0 Å². The molecule has 2 aromatic carbocycles. The lowest BCUT2D eigenvalue weighted by Gasteiger charge is -2.32. The molecule has 0 saturated carbocycles. The van der Waals surface area contributed by atoms with Gasteiger partial charge in [0.15, 0.2) is 0 Å². The molecular weight excluding hydrogens is 615 g/mol. The summed E-state index contributed by atoms with van der Waals surface area (Å²) in [4.78, 5) is 48.5. The second kappa shape index (κ2) is 13.1. The number of pyridine rings is 1. The van der Waals surface area contributed by atoms with Crippen LogP contribution < -0.4 is 20.3 Å². The van der Waals surface area contributed by atoms with Crippen LogP contribution in [0.5, 0.6) is 11.5 Å². The first kappa shape index (κ1) is 30.3. The number of carbonyl (C=O) groups excluding carboxylic acids is 3. The Morgan fingerprint density at radius 2 is 1.96 bits per heavy atom. The maximum Gasteiger partial charge on any atom is 0.331 e. The average molecular weight is 646 g/mol. The van der Waals surface area contributed by atoms with E-state index >= 15 is 0 Å². The van der Waals surface area contributed by atoms with Crippen molar-refractivity contribution >= 4 is 67.2 Å². The van der Waals surface area contributed by atoms with Crippen molar-refractivity contribution in [2.45, 2.75) is 32.2 Å². The molecule has 45 heavy (non-hydrogen) atoms. The molecule has 2 aliphatic rings. The Bertz CT molecular complexity index is 1880. The van der Waals surface area contributed by atoms with Gasteiger partial charge in [0.2, 0.25) is 5.91 Å². The lowest BCUT2D eigenvalue weighted by Crippen LogP contribution is -2.49. The van der Waals surface area contributed by atoms with Gasteiger partial charge in [0.05, 0.1) is 28.2 Å². The lowest BCUT2D eigenvalue weighted by molar-refractivity contribution is -0.127. The van der Waals surface area contributed by atoms with Gasteiger partial charge in [-0.3, -0.25) is 14.5 Å². The predicted octanol–water partition coefficient (Wildman–Crippen LogP) is 5.36. The molecule has 13 heteroatoms. The number of ether oxygens (including phenoxy) is 1. The Morgan fingerprint density at radius 3 is 2.73 bits per heavy atom. The average Bonchev–Trinajstić information content (AvgIpc) is 3.40. The first-order valence-electron chi connectivity index (χ1n) is 14.5. The first-order chi connectivity index (χ1) is 21.8. The Labute approximate surface area is 265 Å². The Kier molecular flexibility index (Phi) is 8.80. The molecule has 4 heterocycles. The quantitative estimate of drug-likeness (QED) is 0.165. The van der Waals surface area contributed by atoms with E-state index in [4.69, 9.17) is 4.74 Å². The number of nitrogens with zero attached hydrogens (tertiary/aromatic N) is 3. The number of rotatable bonds is 9. The fourth-order valence-corrected chi connectivity index (χ4v) is 6.95. The highest BCUT2D eigenvalue weighted by atomic mass is 32.2. The summed E-state index contributed by atoms with van der Waals surface area (Å²) >= 11 is 1.20. The third-order valence-corrected chi connectivity index (χ3v) is 9.37. The largest absolute Gasteiger partial charge is 0.457 e. The summed E-state index contributed by atoms with van der Waals surface area (Å²) in [5.41, 5.74) is 2.54. The van der Waals surface area contributed by atoms with E-state index in [1.807, 2.05) is 55.5 Å². The minimum absolute atomic E-state index is 0.00420. The summed E-state index contributed by atoms with van der Waals surface area (Å²) in [6, 6.07) is 16.1. The number of carbonyl (C=O) groups is 3. The van der Waals surface area contributed by atoms with E-state index in [9.17, 15) is 22.8 Å². The third kappa shape index (κ3) is 6.54. The number of aromatic nitrogens is 1. The fraction of sp³-hybridized carbons (Fsp3) is 0.250. The number of likely N-dealkylation sites (tertiary alicyclic amines) is 1. The number of para-hydroxylation sites is 1. The number of benzene rings is 2. The van der Waals surface area contributed by atoms with Crippen LogP contribution in [0.25, 0.3) is 10.2 Å². The molecule has 2 aliphatic heterocycles. The van der Waals surface area contributed by atoms with Crippen LogP contribution in [-0.2, 0) is 15.5 Å². The van der Waals surface area contributed by atoms with Crippen LogP contribution >= 0.6 is 11.3 Å². The van der Waals surface area contributed by atoms with Gasteiger partial charge in [-0.15, -0.1) is 11.3 Å². The SMILES string of the molecule is Cc1cc(Oc2ccccc2)ccc1N1C(=O)Nc2c(C(=O)N[C@@H]3CCCN(C(=O)/C=C/CC[SH](=O)=O)C3)sc3nccc1c23. The standard InChI is InChI=1S/C32H31N5O6S2/c1-20-18-23(43-22-9-3-2-4-10-22)12-13-24(20)37-25-14-15-33-31-27(25)28(35-32(37)40)29(44-31)30(39)34-21-8-7-16-36(19-21)26(38)11-5-6-17-45(41)42/h2-5,9-15,18,21,45H,6-8,16-17,19H2,1H3,(H,34,39)(H,35,40)/b11-5+/t21-/m1/s1. The number of thiophene rings is 1. The number of amides is 4. The highest BCUT2D eigenvalue weighted by Crippen LogP contribution is 2.46. The van der Waals surface area contributed by atoms with Crippen molar-refractivity contribution in [2.75, 3.05) is 29.1 Å². The summed E-state index contributed by atoms with van der Waals surface area (Å²) in [6.45, 7) is 2.79. The Balaban J connectivity index is 1.21.